The van der Waals surface area contributed by atoms with Crippen molar-refractivity contribution in [3.8, 4) is 0 Å². The molecular formula is C23H26N4O2. The molecule has 0 radical (unpaired) electrons. The van der Waals surface area contributed by atoms with Crippen molar-refractivity contribution in [1.29, 1.82) is 0 Å². The normalized spacial score (nSPS) is 16.7. The van der Waals surface area contributed by atoms with E-state index in [9.17, 15) is 9.59 Å². The van der Waals surface area contributed by atoms with E-state index in [1.807, 2.05) is 42.5 Å². The van der Waals surface area contributed by atoms with Crippen LogP contribution in [0, 0.1) is 5.92 Å². The maximum absolute atomic E-state index is 12.6. The van der Waals surface area contributed by atoms with Gasteiger partial charge in [-0.05, 0) is 35.7 Å². The average Bonchev–Trinajstić information content (AvgIpc) is 3.31. The molecule has 0 bridgehead atoms. The molecule has 6 heteroatoms. The number of aromatic amines is 1. The highest BCUT2D eigenvalue weighted by Crippen LogP contribution is 2.28. The van der Waals surface area contributed by atoms with Crippen molar-refractivity contribution in [1.82, 2.24) is 15.3 Å². The highest BCUT2D eigenvalue weighted by molar-refractivity contribution is 6.00. The lowest BCUT2D eigenvalue weighted by molar-refractivity contribution is -0.126. The summed E-state index contributed by atoms with van der Waals surface area (Å²) in [5.41, 5.74) is 3.98. The smallest absolute Gasteiger partial charge is 0.227 e. The Morgan fingerprint density at radius 2 is 2.07 bits per heavy atom. The van der Waals surface area contributed by atoms with Crippen molar-refractivity contribution >= 4 is 28.5 Å². The van der Waals surface area contributed by atoms with Crippen LogP contribution in [0.15, 0.2) is 48.5 Å². The highest BCUT2D eigenvalue weighted by Gasteiger charge is 2.35. The highest BCUT2D eigenvalue weighted by atomic mass is 16.2. The number of carbonyl (C=O) groups excluding carboxylic acids is 2. The zero-order valence-corrected chi connectivity index (χ0v) is 16.8. The number of nitrogens with one attached hydrogen (secondary N) is 2. The number of benzene rings is 2. The van der Waals surface area contributed by atoms with Crippen LogP contribution in [0.2, 0.25) is 0 Å². The van der Waals surface area contributed by atoms with Crippen LogP contribution >= 0.6 is 0 Å². The molecule has 0 spiro atoms. The minimum Gasteiger partial charge on any atom is -0.355 e. The maximum atomic E-state index is 12.6. The molecule has 0 saturated carbocycles. The lowest BCUT2D eigenvalue weighted by atomic mass is 10.0. The van der Waals surface area contributed by atoms with Gasteiger partial charge < -0.3 is 15.2 Å². The number of nitrogens with zero attached hydrogens (tertiary/aromatic N) is 2. The number of rotatable bonds is 6. The van der Waals surface area contributed by atoms with Gasteiger partial charge in [-0.3, -0.25) is 9.59 Å². The Labute approximate surface area is 170 Å². The number of hydrogen-bond donors (Lipinski definition) is 2. The lowest BCUT2D eigenvalue weighted by Crippen LogP contribution is -2.34. The van der Waals surface area contributed by atoms with E-state index in [0.717, 1.165) is 22.5 Å². The number of H-pyrrole nitrogens is 1. The monoisotopic (exact) mass is 390 g/mol. The van der Waals surface area contributed by atoms with Gasteiger partial charge >= 0.3 is 0 Å². The Hall–Kier alpha value is -3.15. The van der Waals surface area contributed by atoms with Crippen LogP contribution in [0.3, 0.4) is 0 Å². The number of amides is 2. The molecule has 1 atom stereocenters. The van der Waals surface area contributed by atoms with Gasteiger partial charge in [0.05, 0.1) is 17.0 Å². The van der Waals surface area contributed by atoms with Crippen LogP contribution < -0.4 is 10.2 Å². The summed E-state index contributed by atoms with van der Waals surface area (Å²) < 4.78 is 0. The SMILES string of the molecule is CC(C)c1cccc(N2CC(C(=O)NCCc3nc4ccccc4[nH]3)CC2=O)c1. The number of imidazole rings is 1. The van der Waals surface area contributed by atoms with E-state index >= 15 is 0 Å². The molecule has 1 aliphatic heterocycles. The quantitative estimate of drug-likeness (QED) is 0.677. The Bertz CT molecular complexity index is 1010. The first-order valence-corrected chi connectivity index (χ1v) is 10.1. The van der Waals surface area contributed by atoms with Crippen LogP contribution in [-0.2, 0) is 16.0 Å². The second-order valence-electron chi connectivity index (χ2n) is 7.90. The fourth-order valence-electron chi connectivity index (χ4n) is 3.76. The van der Waals surface area contributed by atoms with Gasteiger partial charge in [0.2, 0.25) is 11.8 Å². The van der Waals surface area contributed by atoms with Gasteiger partial charge in [-0.1, -0.05) is 38.1 Å². The van der Waals surface area contributed by atoms with E-state index in [1.165, 1.54) is 5.56 Å². The second-order valence-corrected chi connectivity index (χ2v) is 7.90. The number of anilines is 1. The molecule has 2 aromatic carbocycles. The first-order valence-electron chi connectivity index (χ1n) is 10.1. The predicted octanol–water partition coefficient (Wildman–Crippen LogP) is 3.40. The van der Waals surface area contributed by atoms with Gasteiger partial charge in [0, 0.05) is 31.6 Å². The van der Waals surface area contributed by atoms with Crippen molar-refractivity contribution in [3.05, 3.63) is 59.9 Å². The third-order valence-electron chi connectivity index (χ3n) is 5.44. The molecule has 2 amide bonds. The molecule has 1 fully saturated rings. The largest absolute Gasteiger partial charge is 0.355 e. The molecule has 1 aliphatic rings. The minimum atomic E-state index is -0.319. The maximum Gasteiger partial charge on any atom is 0.227 e. The van der Waals surface area contributed by atoms with Crippen LogP contribution in [0.5, 0.6) is 0 Å². The Morgan fingerprint density at radius 1 is 1.24 bits per heavy atom. The minimum absolute atomic E-state index is 0.00309. The molecule has 150 valence electrons. The van der Waals surface area contributed by atoms with E-state index in [4.69, 9.17) is 0 Å². The van der Waals surface area contributed by atoms with Crippen molar-refractivity contribution in [2.24, 2.45) is 5.92 Å². The van der Waals surface area contributed by atoms with Crippen molar-refractivity contribution in [3.63, 3.8) is 0 Å². The summed E-state index contributed by atoms with van der Waals surface area (Å²) in [6.45, 7) is 5.18. The van der Waals surface area contributed by atoms with Gasteiger partial charge in [-0.25, -0.2) is 4.98 Å². The number of carbonyl (C=O) groups is 2. The number of fused-ring (bicyclic) bond motifs is 1. The fraction of sp³-hybridized carbons (Fsp3) is 0.348. The Morgan fingerprint density at radius 3 is 2.86 bits per heavy atom. The van der Waals surface area contributed by atoms with E-state index in [-0.39, 0.29) is 24.2 Å². The molecule has 0 aliphatic carbocycles. The summed E-state index contributed by atoms with van der Waals surface area (Å²) in [6, 6.07) is 15.9. The van der Waals surface area contributed by atoms with Crippen molar-refractivity contribution in [2.45, 2.75) is 32.6 Å². The van der Waals surface area contributed by atoms with E-state index in [0.29, 0.717) is 25.4 Å². The van der Waals surface area contributed by atoms with Gasteiger partial charge in [-0.15, -0.1) is 0 Å². The molecule has 4 rings (SSSR count). The van der Waals surface area contributed by atoms with E-state index in [2.05, 4.69) is 35.2 Å². The van der Waals surface area contributed by atoms with Crippen molar-refractivity contribution < 1.29 is 9.59 Å². The molecule has 29 heavy (non-hydrogen) atoms. The third-order valence-corrected chi connectivity index (χ3v) is 5.44. The number of aromatic nitrogens is 2. The topological polar surface area (TPSA) is 78.1 Å². The summed E-state index contributed by atoms with van der Waals surface area (Å²) in [6.07, 6.45) is 0.879. The Balaban J connectivity index is 1.33. The first kappa shape index (κ1) is 19.2. The number of hydrogen-bond acceptors (Lipinski definition) is 3. The molecule has 1 aromatic heterocycles. The Kier molecular flexibility index (Phi) is 5.34. The molecule has 1 unspecified atom stereocenters. The van der Waals surface area contributed by atoms with Crippen LogP contribution in [0.4, 0.5) is 5.69 Å². The molecule has 6 nitrogen and oxygen atoms in total. The molecular weight excluding hydrogens is 364 g/mol. The number of para-hydroxylation sites is 2. The summed E-state index contributed by atoms with van der Waals surface area (Å²) >= 11 is 0. The third kappa shape index (κ3) is 4.16. The fourth-order valence-corrected chi connectivity index (χ4v) is 3.76. The second kappa shape index (κ2) is 8.07. The zero-order valence-electron chi connectivity index (χ0n) is 16.8. The van der Waals surface area contributed by atoms with Crippen LogP contribution in [0.25, 0.3) is 11.0 Å². The van der Waals surface area contributed by atoms with Crippen LogP contribution in [-0.4, -0.2) is 34.9 Å². The van der Waals surface area contributed by atoms with E-state index < -0.39 is 0 Å². The zero-order chi connectivity index (χ0) is 20.4. The standard InChI is InChI=1S/C23H26N4O2/c1-15(2)16-6-5-7-18(12-16)27-14-17(13-22(27)28)23(29)24-11-10-21-25-19-8-3-4-9-20(19)26-21/h3-9,12,15,17H,10-11,13-14H2,1-2H3,(H,24,29)(H,25,26). The molecule has 2 heterocycles. The molecule has 3 aromatic rings. The average molecular weight is 390 g/mol. The summed E-state index contributed by atoms with van der Waals surface area (Å²) in [4.78, 5) is 34.6. The summed E-state index contributed by atoms with van der Waals surface area (Å²) in [5.74, 6) is 0.854. The van der Waals surface area contributed by atoms with Gasteiger partial charge in [0.25, 0.3) is 0 Å². The lowest BCUT2D eigenvalue weighted by Gasteiger charge is -2.18. The van der Waals surface area contributed by atoms with E-state index in [1.54, 1.807) is 4.90 Å². The van der Waals surface area contributed by atoms with Crippen LogP contribution in [0.1, 0.15) is 37.6 Å². The van der Waals surface area contributed by atoms with Gasteiger partial charge in [0.15, 0.2) is 0 Å². The van der Waals surface area contributed by atoms with Gasteiger partial charge in [-0.2, -0.15) is 0 Å². The van der Waals surface area contributed by atoms with Gasteiger partial charge in [0.1, 0.15) is 5.82 Å². The molecule has 2 N–H and O–H groups in total. The summed E-state index contributed by atoms with van der Waals surface area (Å²) in [7, 11) is 0. The first-order chi connectivity index (χ1) is 14.0. The molecule has 1 saturated heterocycles. The van der Waals surface area contributed by atoms with Crippen molar-refractivity contribution in [2.75, 3.05) is 18.0 Å². The predicted molar refractivity (Wildman–Crippen MR) is 114 cm³/mol. The summed E-state index contributed by atoms with van der Waals surface area (Å²) in [5, 5.41) is 2.96.